The Morgan fingerprint density at radius 3 is 2.86 bits per heavy atom. The lowest BCUT2D eigenvalue weighted by atomic mass is 9.90. The van der Waals surface area contributed by atoms with Crippen LogP contribution in [0.1, 0.15) is 46.8 Å². The van der Waals surface area contributed by atoms with Gasteiger partial charge in [-0.25, -0.2) is 4.39 Å². The molecule has 0 bridgehead atoms. The van der Waals surface area contributed by atoms with Crippen molar-refractivity contribution >= 4 is 17.1 Å². The number of likely N-dealkylation sites (tertiary alicyclic amines) is 1. The van der Waals surface area contributed by atoms with E-state index in [9.17, 15) is 14.3 Å². The van der Waals surface area contributed by atoms with Gasteiger partial charge < -0.3 is 9.84 Å². The molecule has 1 fully saturated rings. The number of ketones is 1. The first kappa shape index (κ1) is 21.5. The van der Waals surface area contributed by atoms with Crippen LogP contribution in [0.2, 0.25) is 0 Å². The second-order valence-electron chi connectivity index (χ2n) is 7.86. The number of aliphatic hydroxyl groups is 1. The summed E-state index contributed by atoms with van der Waals surface area (Å²) in [6, 6.07) is 8.42. The second-order valence-corrected chi connectivity index (χ2v) is 9.03. The van der Waals surface area contributed by atoms with Crippen molar-refractivity contribution in [3.8, 4) is 17.6 Å². The number of carbonyl (C=O) groups excluding carboxylic acids is 1. The number of carbonyl (C=O) groups is 1. The first-order valence-corrected chi connectivity index (χ1v) is 10.5. The van der Waals surface area contributed by atoms with E-state index < -0.39 is 11.4 Å². The van der Waals surface area contributed by atoms with E-state index in [1.807, 2.05) is 12.1 Å². The summed E-state index contributed by atoms with van der Waals surface area (Å²) in [7, 11) is 1.41. The van der Waals surface area contributed by atoms with Crippen molar-refractivity contribution in [2.45, 2.75) is 38.8 Å². The van der Waals surface area contributed by atoms with Gasteiger partial charge in [0.2, 0.25) is 0 Å². The molecule has 2 aromatic rings. The Hall–Kier alpha value is -2.20. The summed E-state index contributed by atoms with van der Waals surface area (Å²) in [4.78, 5) is 17.2. The average Bonchev–Trinajstić information content (AvgIpc) is 3.13. The number of halogens is 1. The monoisotopic (exact) mass is 415 g/mol. The number of benzene rings is 1. The molecule has 1 atom stereocenters. The number of ether oxygens (including phenoxy) is 1. The Morgan fingerprint density at radius 1 is 1.38 bits per heavy atom. The predicted octanol–water partition coefficient (Wildman–Crippen LogP) is 4.11. The van der Waals surface area contributed by atoms with Crippen LogP contribution in [0, 0.1) is 23.6 Å². The molecule has 1 aliphatic rings. The largest absolute Gasteiger partial charge is 0.494 e. The maximum Gasteiger partial charge on any atom is 0.167 e. The number of piperidine rings is 1. The summed E-state index contributed by atoms with van der Waals surface area (Å²) < 4.78 is 18.9. The molecule has 0 radical (unpaired) electrons. The molecule has 0 aliphatic carbocycles. The molecule has 6 heteroatoms. The standard InChI is InChI=1S/C23H26FNO3S/c1-23(2,27)11-10-18-7-8-19(29-18)15-25-12-4-5-17(14-25)22(26)16-6-9-21(28-3)20(24)13-16/h6-9,13,17,27H,4-5,12,14-15H2,1-3H3/t17-/m1/s1. The molecule has 1 N–H and O–H groups in total. The Kier molecular flexibility index (Phi) is 6.74. The van der Waals surface area contributed by atoms with E-state index in [4.69, 9.17) is 4.74 Å². The highest BCUT2D eigenvalue weighted by atomic mass is 32.1. The van der Waals surface area contributed by atoms with Gasteiger partial charge in [-0.1, -0.05) is 11.8 Å². The van der Waals surface area contributed by atoms with Gasteiger partial charge in [-0.3, -0.25) is 9.69 Å². The molecule has 4 nitrogen and oxygen atoms in total. The van der Waals surface area contributed by atoms with E-state index in [1.165, 1.54) is 24.1 Å². The minimum absolute atomic E-state index is 0.0147. The van der Waals surface area contributed by atoms with Crippen molar-refractivity contribution in [2.75, 3.05) is 20.2 Å². The van der Waals surface area contributed by atoms with Crippen LogP contribution in [0.3, 0.4) is 0 Å². The lowest BCUT2D eigenvalue weighted by Crippen LogP contribution is -2.38. The van der Waals surface area contributed by atoms with Crippen LogP contribution in [0.15, 0.2) is 30.3 Å². The number of Topliss-reactive ketones (excluding diaryl/α,β-unsaturated/α-hetero) is 1. The fourth-order valence-corrected chi connectivity index (χ4v) is 4.34. The van der Waals surface area contributed by atoms with Crippen molar-refractivity contribution in [2.24, 2.45) is 5.92 Å². The van der Waals surface area contributed by atoms with Gasteiger partial charge in [-0.05, 0) is 63.6 Å². The van der Waals surface area contributed by atoms with Crippen molar-refractivity contribution in [3.05, 3.63) is 51.5 Å². The molecular formula is C23H26FNO3S. The van der Waals surface area contributed by atoms with Crippen LogP contribution in [-0.4, -0.2) is 41.6 Å². The Morgan fingerprint density at radius 2 is 2.17 bits per heavy atom. The van der Waals surface area contributed by atoms with Crippen molar-refractivity contribution in [1.82, 2.24) is 4.90 Å². The SMILES string of the molecule is COc1ccc(C(=O)[C@@H]2CCCN(Cc3ccc(C#CC(C)(C)O)s3)C2)cc1F. The predicted molar refractivity (Wildman–Crippen MR) is 113 cm³/mol. The minimum Gasteiger partial charge on any atom is -0.494 e. The zero-order valence-electron chi connectivity index (χ0n) is 17.0. The number of nitrogens with zero attached hydrogens (tertiary/aromatic N) is 1. The molecule has 29 heavy (non-hydrogen) atoms. The quantitative estimate of drug-likeness (QED) is 0.590. The number of thiophene rings is 1. The van der Waals surface area contributed by atoms with Crippen LogP contribution in [0.5, 0.6) is 5.75 Å². The number of hydrogen-bond donors (Lipinski definition) is 1. The lowest BCUT2D eigenvalue weighted by molar-refractivity contribution is 0.0812. The average molecular weight is 416 g/mol. The van der Waals surface area contributed by atoms with E-state index in [0.717, 1.165) is 30.8 Å². The first-order chi connectivity index (χ1) is 13.7. The summed E-state index contributed by atoms with van der Waals surface area (Å²) in [5.74, 6) is 5.32. The van der Waals surface area contributed by atoms with E-state index in [1.54, 1.807) is 31.3 Å². The molecule has 1 saturated heterocycles. The van der Waals surface area contributed by atoms with Crippen LogP contribution < -0.4 is 4.74 Å². The van der Waals surface area contributed by atoms with Gasteiger partial charge in [0, 0.05) is 29.4 Å². The summed E-state index contributed by atoms with van der Waals surface area (Å²) in [5.41, 5.74) is -0.610. The molecular weight excluding hydrogens is 389 g/mol. The molecule has 1 aromatic carbocycles. The maximum absolute atomic E-state index is 14.0. The Bertz CT molecular complexity index is 936. The maximum atomic E-state index is 14.0. The number of hydrogen-bond acceptors (Lipinski definition) is 5. The van der Waals surface area contributed by atoms with Gasteiger partial charge in [0.15, 0.2) is 17.3 Å². The van der Waals surface area contributed by atoms with Crippen molar-refractivity contribution in [1.29, 1.82) is 0 Å². The Labute approximate surface area is 175 Å². The molecule has 1 aromatic heterocycles. The third kappa shape index (κ3) is 5.89. The Balaban J connectivity index is 1.63. The van der Waals surface area contributed by atoms with Gasteiger partial charge in [0.25, 0.3) is 0 Å². The molecule has 0 unspecified atom stereocenters. The molecule has 0 saturated carbocycles. The van der Waals surface area contributed by atoms with Crippen LogP contribution in [-0.2, 0) is 6.54 Å². The molecule has 154 valence electrons. The highest BCUT2D eigenvalue weighted by molar-refractivity contribution is 7.12. The van der Waals surface area contributed by atoms with Gasteiger partial charge >= 0.3 is 0 Å². The number of methoxy groups -OCH3 is 1. The molecule has 0 spiro atoms. The van der Waals surface area contributed by atoms with E-state index in [0.29, 0.717) is 12.1 Å². The molecule has 2 heterocycles. The summed E-state index contributed by atoms with van der Waals surface area (Å²) in [5, 5.41) is 9.73. The second kappa shape index (κ2) is 9.08. The lowest BCUT2D eigenvalue weighted by Gasteiger charge is -2.31. The highest BCUT2D eigenvalue weighted by Crippen LogP contribution is 2.26. The van der Waals surface area contributed by atoms with Crippen LogP contribution in [0.4, 0.5) is 4.39 Å². The van der Waals surface area contributed by atoms with Crippen LogP contribution >= 0.6 is 11.3 Å². The zero-order chi connectivity index (χ0) is 21.0. The molecule has 3 rings (SSSR count). The highest BCUT2D eigenvalue weighted by Gasteiger charge is 2.27. The summed E-state index contributed by atoms with van der Waals surface area (Å²) >= 11 is 1.60. The number of rotatable bonds is 5. The van der Waals surface area contributed by atoms with Crippen LogP contribution in [0.25, 0.3) is 0 Å². The zero-order valence-corrected chi connectivity index (χ0v) is 17.8. The topological polar surface area (TPSA) is 49.8 Å². The smallest absolute Gasteiger partial charge is 0.167 e. The fraction of sp³-hybridized carbons (Fsp3) is 0.435. The molecule has 0 amide bonds. The molecule has 1 aliphatic heterocycles. The van der Waals surface area contributed by atoms with Crippen molar-refractivity contribution in [3.63, 3.8) is 0 Å². The third-order valence-electron chi connectivity index (χ3n) is 4.85. The minimum atomic E-state index is -1.01. The summed E-state index contributed by atoms with van der Waals surface area (Å²) in [6.07, 6.45) is 1.75. The van der Waals surface area contributed by atoms with Crippen molar-refractivity contribution < 1.29 is 19.0 Å². The fourth-order valence-electron chi connectivity index (χ4n) is 3.43. The van der Waals surface area contributed by atoms with Gasteiger partial charge in [0.1, 0.15) is 5.60 Å². The van der Waals surface area contributed by atoms with E-state index in [2.05, 4.69) is 16.7 Å². The van der Waals surface area contributed by atoms with E-state index in [-0.39, 0.29) is 17.5 Å². The first-order valence-electron chi connectivity index (χ1n) is 9.69. The third-order valence-corrected chi connectivity index (χ3v) is 5.83. The van der Waals surface area contributed by atoms with Gasteiger partial charge in [-0.2, -0.15) is 0 Å². The summed E-state index contributed by atoms with van der Waals surface area (Å²) in [6.45, 7) is 5.68. The van der Waals surface area contributed by atoms with Gasteiger partial charge in [-0.15, -0.1) is 11.3 Å². The normalized spacial score (nSPS) is 17.5. The van der Waals surface area contributed by atoms with Gasteiger partial charge in [0.05, 0.1) is 12.0 Å². The van der Waals surface area contributed by atoms with E-state index >= 15 is 0 Å².